The van der Waals surface area contributed by atoms with Crippen LogP contribution in [0.2, 0.25) is 0 Å². The van der Waals surface area contributed by atoms with E-state index in [1.54, 1.807) is 12.4 Å². The van der Waals surface area contributed by atoms with Crippen molar-refractivity contribution in [3.8, 4) is 0 Å². The van der Waals surface area contributed by atoms with Crippen LogP contribution in [0.25, 0.3) is 0 Å². The molecule has 1 amide bonds. The molecule has 0 saturated carbocycles. The van der Waals surface area contributed by atoms with Crippen molar-refractivity contribution in [2.24, 2.45) is 0 Å². The molecule has 0 fully saturated rings. The van der Waals surface area contributed by atoms with E-state index in [2.05, 4.69) is 10.3 Å². The van der Waals surface area contributed by atoms with E-state index >= 15 is 0 Å². The molecule has 4 nitrogen and oxygen atoms in total. The van der Waals surface area contributed by atoms with Gasteiger partial charge in [-0.2, -0.15) is 0 Å². The van der Waals surface area contributed by atoms with Crippen molar-refractivity contribution in [2.45, 2.75) is 31.4 Å². The lowest BCUT2D eigenvalue weighted by Crippen LogP contribution is -2.33. The minimum absolute atomic E-state index is 0.0347. The van der Waals surface area contributed by atoms with E-state index in [-0.39, 0.29) is 11.9 Å². The summed E-state index contributed by atoms with van der Waals surface area (Å²) in [4.78, 5) is 16.0. The van der Waals surface area contributed by atoms with Crippen molar-refractivity contribution in [1.82, 2.24) is 10.3 Å². The van der Waals surface area contributed by atoms with Crippen molar-refractivity contribution in [3.05, 3.63) is 65.5 Å². The lowest BCUT2D eigenvalue weighted by molar-refractivity contribution is -0.122. The summed E-state index contributed by atoms with van der Waals surface area (Å²) >= 11 is 0. The summed E-state index contributed by atoms with van der Waals surface area (Å²) < 4.78 is 0. The molecule has 2 N–H and O–H groups in total. The Balaban J connectivity index is 1.60. The molecule has 0 aliphatic heterocycles. The number of aliphatic hydroxyl groups is 1. The maximum Gasteiger partial charge on any atom is 0.220 e. The summed E-state index contributed by atoms with van der Waals surface area (Å²) in [5, 5.41) is 13.1. The molecule has 1 heterocycles. The van der Waals surface area contributed by atoms with Gasteiger partial charge in [0.05, 0.1) is 12.1 Å². The Bertz CT molecular complexity index is 628. The van der Waals surface area contributed by atoms with Crippen molar-refractivity contribution < 1.29 is 9.90 Å². The molecule has 3 rings (SSSR count). The first-order valence-corrected chi connectivity index (χ1v) is 7.18. The fraction of sp³-hybridized carbons (Fsp3) is 0.294. The Kier molecular flexibility index (Phi) is 3.97. The molecule has 1 aliphatic rings. The third-order valence-corrected chi connectivity index (χ3v) is 3.91. The minimum Gasteiger partial charge on any atom is -0.390 e. The summed E-state index contributed by atoms with van der Waals surface area (Å²) in [7, 11) is 0. The van der Waals surface area contributed by atoms with Crippen molar-refractivity contribution in [1.29, 1.82) is 0 Å². The lowest BCUT2D eigenvalue weighted by Gasteiger charge is -2.18. The van der Waals surface area contributed by atoms with Gasteiger partial charge in [-0.15, -0.1) is 0 Å². The molecule has 2 aromatic rings. The molecular weight excluding hydrogens is 264 g/mol. The van der Waals surface area contributed by atoms with Crippen molar-refractivity contribution in [3.63, 3.8) is 0 Å². The number of pyridine rings is 1. The predicted octanol–water partition coefficient (Wildman–Crippen LogP) is 1.79. The van der Waals surface area contributed by atoms with Crippen LogP contribution < -0.4 is 5.32 Å². The van der Waals surface area contributed by atoms with E-state index < -0.39 is 6.10 Å². The highest BCUT2D eigenvalue weighted by molar-refractivity contribution is 5.77. The molecule has 21 heavy (non-hydrogen) atoms. The molecule has 2 atom stereocenters. The van der Waals surface area contributed by atoms with E-state index in [1.165, 1.54) is 0 Å². The van der Waals surface area contributed by atoms with Crippen LogP contribution in [0.3, 0.4) is 0 Å². The minimum atomic E-state index is -0.535. The normalized spacial score (nSPS) is 20.0. The second kappa shape index (κ2) is 6.06. The van der Waals surface area contributed by atoms with Gasteiger partial charge in [0.15, 0.2) is 0 Å². The van der Waals surface area contributed by atoms with Gasteiger partial charge in [-0.25, -0.2) is 0 Å². The standard InChI is InChI=1S/C17H18N2O2/c20-15-11-13-3-1-2-4-14(13)17(15)19-16(21)6-5-12-7-9-18-10-8-12/h1-4,7-10,15,17,20H,5-6,11H2,(H,19,21). The molecule has 108 valence electrons. The van der Waals surface area contributed by atoms with Gasteiger partial charge in [-0.05, 0) is 35.2 Å². The largest absolute Gasteiger partial charge is 0.390 e. The molecule has 4 heteroatoms. The van der Waals surface area contributed by atoms with Gasteiger partial charge in [-0.3, -0.25) is 9.78 Å². The maximum absolute atomic E-state index is 12.1. The number of aryl methyl sites for hydroxylation is 1. The summed E-state index contributed by atoms with van der Waals surface area (Å²) in [6, 6.07) is 11.4. The van der Waals surface area contributed by atoms with Crippen molar-refractivity contribution in [2.75, 3.05) is 0 Å². The number of hydrogen-bond donors (Lipinski definition) is 2. The van der Waals surface area contributed by atoms with Gasteiger partial charge in [0.25, 0.3) is 0 Å². The van der Waals surface area contributed by atoms with Gasteiger partial charge in [0.2, 0.25) is 5.91 Å². The number of hydrogen-bond acceptors (Lipinski definition) is 3. The average Bonchev–Trinajstić information content (AvgIpc) is 2.82. The van der Waals surface area contributed by atoms with Crippen LogP contribution in [-0.4, -0.2) is 22.1 Å². The molecule has 1 aliphatic carbocycles. The molecule has 0 saturated heterocycles. The molecular formula is C17H18N2O2. The number of nitrogens with one attached hydrogen (secondary N) is 1. The Morgan fingerprint density at radius 3 is 2.81 bits per heavy atom. The zero-order valence-corrected chi connectivity index (χ0v) is 11.7. The Labute approximate surface area is 123 Å². The number of rotatable bonds is 4. The fourth-order valence-electron chi connectivity index (χ4n) is 2.80. The monoisotopic (exact) mass is 282 g/mol. The number of benzene rings is 1. The maximum atomic E-state index is 12.1. The molecule has 0 radical (unpaired) electrons. The third-order valence-electron chi connectivity index (χ3n) is 3.91. The lowest BCUT2D eigenvalue weighted by atomic mass is 10.1. The molecule has 1 aromatic carbocycles. The summed E-state index contributed by atoms with van der Waals surface area (Å²) in [5.41, 5.74) is 3.24. The number of nitrogens with zero attached hydrogens (tertiary/aromatic N) is 1. The van der Waals surface area contributed by atoms with Crippen LogP contribution in [0.1, 0.15) is 29.2 Å². The van der Waals surface area contributed by atoms with Crippen LogP contribution in [0.4, 0.5) is 0 Å². The fourth-order valence-corrected chi connectivity index (χ4v) is 2.80. The van der Waals surface area contributed by atoms with Crippen LogP contribution in [-0.2, 0) is 17.6 Å². The number of carbonyl (C=O) groups excluding carboxylic acids is 1. The van der Waals surface area contributed by atoms with E-state index in [4.69, 9.17) is 0 Å². The molecule has 0 bridgehead atoms. The molecule has 2 unspecified atom stereocenters. The van der Waals surface area contributed by atoms with Gasteiger partial charge >= 0.3 is 0 Å². The van der Waals surface area contributed by atoms with E-state index in [0.29, 0.717) is 19.3 Å². The first-order valence-electron chi connectivity index (χ1n) is 7.18. The number of aromatic nitrogens is 1. The Hall–Kier alpha value is -2.20. The number of aliphatic hydroxyl groups excluding tert-OH is 1. The van der Waals surface area contributed by atoms with E-state index in [9.17, 15) is 9.90 Å². The Morgan fingerprint density at radius 1 is 1.24 bits per heavy atom. The van der Waals surface area contributed by atoms with Gasteiger partial charge in [0.1, 0.15) is 0 Å². The zero-order chi connectivity index (χ0) is 14.7. The number of amides is 1. The van der Waals surface area contributed by atoms with Gasteiger partial charge in [-0.1, -0.05) is 24.3 Å². The van der Waals surface area contributed by atoms with Crippen LogP contribution in [0.5, 0.6) is 0 Å². The first-order chi connectivity index (χ1) is 10.2. The van der Waals surface area contributed by atoms with Crippen LogP contribution in [0.15, 0.2) is 48.8 Å². The van der Waals surface area contributed by atoms with Crippen LogP contribution >= 0.6 is 0 Å². The summed E-state index contributed by atoms with van der Waals surface area (Å²) in [5.74, 6) is -0.0347. The van der Waals surface area contributed by atoms with Crippen molar-refractivity contribution >= 4 is 5.91 Å². The zero-order valence-electron chi connectivity index (χ0n) is 11.7. The quantitative estimate of drug-likeness (QED) is 0.898. The first kappa shape index (κ1) is 13.8. The van der Waals surface area contributed by atoms with Crippen LogP contribution in [0, 0.1) is 0 Å². The van der Waals surface area contributed by atoms with E-state index in [0.717, 1.165) is 16.7 Å². The van der Waals surface area contributed by atoms with E-state index in [1.807, 2.05) is 36.4 Å². The highest BCUT2D eigenvalue weighted by Gasteiger charge is 2.31. The second-order valence-electron chi connectivity index (χ2n) is 5.37. The van der Waals surface area contributed by atoms with Gasteiger partial charge < -0.3 is 10.4 Å². The Morgan fingerprint density at radius 2 is 2.00 bits per heavy atom. The highest BCUT2D eigenvalue weighted by Crippen LogP contribution is 2.31. The topological polar surface area (TPSA) is 62.2 Å². The highest BCUT2D eigenvalue weighted by atomic mass is 16.3. The molecule has 0 spiro atoms. The SMILES string of the molecule is O=C(CCc1ccncc1)NC1c2ccccc2CC1O. The second-order valence-corrected chi connectivity index (χ2v) is 5.37. The number of fused-ring (bicyclic) bond motifs is 1. The number of carbonyl (C=O) groups is 1. The van der Waals surface area contributed by atoms with Gasteiger partial charge in [0, 0.05) is 25.2 Å². The third kappa shape index (κ3) is 3.11. The summed E-state index contributed by atoms with van der Waals surface area (Å²) in [6.07, 6.45) is 4.61. The predicted molar refractivity (Wildman–Crippen MR) is 79.6 cm³/mol. The molecule has 1 aromatic heterocycles. The smallest absolute Gasteiger partial charge is 0.220 e. The summed E-state index contributed by atoms with van der Waals surface area (Å²) in [6.45, 7) is 0. The average molecular weight is 282 g/mol.